The number of halogens is 1. The van der Waals surface area contributed by atoms with Gasteiger partial charge in [0.2, 0.25) is 0 Å². The summed E-state index contributed by atoms with van der Waals surface area (Å²) in [6.07, 6.45) is 0.187. The number of hydrogen-bond donors (Lipinski definition) is 0. The highest BCUT2D eigenvalue weighted by molar-refractivity contribution is 5.90. The second kappa shape index (κ2) is 4.12. The van der Waals surface area contributed by atoms with Crippen LogP contribution >= 0.6 is 0 Å². The average Bonchev–Trinajstić information content (AvgIpc) is 2.59. The van der Waals surface area contributed by atoms with Crippen LogP contribution in [-0.4, -0.2) is 18.7 Å². The van der Waals surface area contributed by atoms with E-state index in [0.717, 1.165) is 12.0 Å². The number of fused-ring (bicyclic) bond motifs is 1. The first kappa shape index (κ1) is 10.9. The van der Waals surface area contributed by atoms with Crippen LogP contribution < -0.4 is 4.90 Å². The number of anilines is 1. The number of amides is 1. The summed E-state index contributed by atoms with van der Waals surface area (Å²) in [7, 11) is 0. The maximum atomic E-state index is 13.1. The lowest BCUT2D eigenvalue weighted by Gasteiger charge is -2.18. The van der Waals surface area contributed by atoms with Crippen LogP contribution in [0.1, 0.15) is 19.4 Å². The summed E-state index contributed by atoms with van der Waals surface area (Å²) in [5.74, 6) is -0.331. The molecule has 86 valence electrons. The molecule has 1 aromatic rings. The normalized spacial score (nSPS) is 14.1. The van der Waals surface area contributed by atoms with Crippen molar-refractivity contribution in [3.63, 3.8) is 0 Å². The smallest absolute Gasteiger partial charge is 0.414 e. The van der Waals surface area contributed by atoms with Crippen LogP contribution in [0, 0.1) is 5.82 Å². The third-order valence-electron chi connectivity index (χ3n) is 2.50. The number of carbonyl (C=O) groups excluding carboxylic acids is 1. The van der Waals surface area contributed by atoms with Gasteiger partial charge in [-0.2, -0.15) is 0 Å². The summed E-state index contributed by atoms with van der Waals surface area (Å²) in [6, 6.07) is 4.51. The highest BCUT2D eigenvalue weighted by atomic mass is 19.1. The van der Waals surface area contributed by atoms with Crippen molar-refractivity contribution in [2.75, 3.05) is 11.4 Å². The van der Waals surface area contributed by atoms with E-state index in [1.165, 1.54) is 17.0 Å². The van der Waals surface area contributed by atoms with E-state index in [1.807, 2.05) is 0 Å². The fraction of sp³-hybridized carbons (Fsp3) is 0.417. The molecule has 0 saturated heterocycles. The van der Waals surface area contributed by atoms with Crippen LogP contribution in [0.5, 0.6) is 0 Å². The molecule has 1 heterocycles. The highest BCUT2D eigenvalue weighted by Gasteiger charge is 2.26. The minimum atomic E-state index is -0.403. The Morgan fingerprint density at radius 3 is 2.94 bits per heavy atom. The fourth-order valence-electron chi connectivity index (χ4n) is 1.81. The molecule has 0 radical (unpaired) electrons. The van der Waals surface area contributed by atoms with Crippen LogP contribution in [0.2, 0.25) is 0 Å². The van der Waals surface area contributed by atoms with E-state index < -0.39 is 6.09 Å². The van der Waals surface area contributed by atoms with Crippen molar-refractivity contribution in [1.82, 2.24) is 0 Å². The average molecular weight is 223 g/mol. The van der Waals surface area contributed by atoms with E-state index in [2.05, 4.69) is 0 Å². The van der Waals surface area contributed by atoms with Crippen molar-refractivity contribution < 1.29 is 13.9 Å². The highest BCUT2D eigenvalue weighted by Crippen LogP contribution is 2.29. The zero-order chi connectivity index (χ0) is 11.7. The van der Waals surface area contributed by atoms with Gasteiger partial charge in [-0.25, -0.2) is 9.18 Å². The maximum Gasteiger partial charge on any atom is 0.414 e. The Hall–Kier alpha value is -1.58. The molecule has 0 aromatic heterocycles. The Bertz CT molecular complexity index is 417. The van der Waals surface area contributed by atoms with Gasteiger partial charge in [0.1, 0.15) is 5.82 Å². The topological polar surface area (TPSA) is 29.5 Å². The molecular formula is C12H14FNO2. The van der Waals surface area contributed by atoms with E-state index in [4.69, 9.17) is 4.74 Å². The molecule has 1 aliphatic rings. The van der Waals surface area contributed by atoms with Crippen LogP contribution in [0.15, 0.2) is 18.2 Å². The van der Waals surface area contributed by atoms with Crippen molar-refractivity contribution in [3.8, 4) is 0 Å². The van der Waals surface area contributed by atoms with Crippen molar-refractivity contribution in [1.29, 1.82) is 0 Å². The summed E-state index contributed by atoms with van der Waals surface area (Å²) in [5.41, 5.74) is 1.62. The van der Waals surface area contributed by atoms with E-state index in [1.54, 1.807) is 19.9 Å². The largest absolute Gasteiger partial charge is 0.446 e. The number of ether oxygens (including phenoxy) is 1. The molecule has 16 heavy (non-hydrogen) atoms. The summed E-state index contributed by atoms with van der Waals surface area (Å²) < 4.78 is 18.2. The predicted octanol–water partition coefficient (Wildman–Crippen LogP) is 2.73. The first-order chi connectivity index (χ1) is 7.58. The van der Waals surface area contributed by atoms with Crippen LogP contribution in [0.3, 0.4) is 0 Å². The third kappa shape index (κ3) is 2.01. The van der Waals surface area contributed by atoms with E-state index >= 15 is 0 Å². The zero-order valence-corrected chi connectivity index (χ0v) is 9.37. The van der Waals surface area contributed by atoms with Gasteiger partial charge in [-0.05, 0) is 38.0 Å². The Balaban J connectivity index is 2.22. The van der Waals surface area contributed by atoms with Gasteiger partial charge < -0.3 is 4.74 Å². The number of benzene rings is 1. The first-order valence-corrected chi connectivity index (χ1v) is 5.34. The second-order valence-corrected chi connectivity index (χ2v) is 4.11. The molecule has 1 amide bonds. The lowest BCUT2D eigenvalue weighted by molar-refractivity contribution is 0.123. The van der Waals surface area contributed by atoms with Crippen molar-refractivity contribution >= 4 is 11.8 Å². The molecule has 4 heteroatoms. The van der Waals surface area contributed by atoms with E-state index in [9.17, 15) is 9.18 Å². The Kier molecular flexibility index (Phi) is 2.81. The van der Waals surface area contributed by atoms with Crippen molar-refractivity contribution in [2.45, 2.75) is 26.4 Å². The van der Waals surface area contributed by atoms with Gasteiger partial charge in [0, 0.05) is 6.54 Å². The number of carbonyl (C=O) groups is 1. The van der Waals surface area contributed by atoms with Gasteiger partial charge in [0.25, 0.3) is 0 Å². The van der Waals surface area contributed by atoms with E-state index in [0.29, 0.717) is 12.2 Å². The molecular weight excluding hydrogens is 209 g/mol. The molecule has 0 bridgehead atoms. The molecule has 0 atom stereocenters. The van der Waals surface area contributed by atoms with Gasteiger partial charge in [-0.3, -0.25) is 4.90 Å². The molecule has 0 fully saturated rings. The molecule has 3 nitrogen and oxygen atoms in total. The van der Waals surface area contributed by atoms with Gasteiger partial charge >= 0.3 is 6.09 Å². The quantitative estimate of drug-likeness (QED) is 0.732. The molecule has 1 aromatic carbocycles. The van der Waals surface area contributed by atoms with Crippen LogP contribution in [0.4, 0.5) is 14.9 Å². The van der Waals surface area contributed by atoms with Gasteiger partial charge in [0.15, 0.2) is 0 Å². The summed E-state index contributed by atoms with van der Waals surface area (Å²) in [5, 5.41) is 0. The molecule has 0 N–H and O–H groups in total. The second-order valence-electron chi connectivity index (χ2n) is 4.11. The lowest BCUT2D eigenvalue weighted by atomic mass is 10.2. The predicted molar refractivity (Wildman–Crippen MR) is 59.1 cm³/mol. The monoisotopic (exact) mass is 223 g/mol. The molecule has 2 rings (SSSR count). The van der Waals surface area contributed by atoms with Gasteiger partial charge in [0.05, 0.1) is 11.8 Å². The minimum Gasteiger partial charge on any atom is -0.446 e. The summed E-state index contributed by atoms with van der Waals surface area (Å²) in [6.45, 7) is 4.14. The van der Waals surface area contributed by atoms with Gasteiger partial charge in [-0.1, -0.05) is 6.07 Å². The molecule has 1 aliphatic heterocycles. The van der Waals surface area contributed by atoms with Gasteiger partial charge in [-0.15, -0.1) is 0 Å². The summed E-state index contributed by atoms with van der Waals surface area (Å²) >= 11 is 0. The first-order valence-electron chi connectivity index (χ1n) is 5.34. The Morgan fingerprint density at radius 2 is 2.25 bits per heavy atom. The van der Waals surface area contributed by atoms with Crippen molar-refractivity contribution in [2.24, 2.45) is 0 Å². The Morgan fingerprint density at radius 1 is 1.50 bits per heavy atom. The maximum absolute atomic E-state index is 13.1. The zero-order valence-electron chi connectivity index (χ0n) is 9.37. The molecule has 0 spiro atoms. The third-order valence-corrected chi connectivity index (χ3v) is 2.50. The standard InChI is InChI=1S/C12H14FNO2/c1-8(2)16-12(15)14-6-5-9-3-4-10(13)7-11(9)14/h3-4,7-8H,5-6H2,1-2H3. The number of rotatable bonds is 1. The SMILES string of the molecule is CC(C)OC(=O)N1CCc2ccc(F)cc21. The van der Waals surface area contributed by atoms with Crippen LogP contribution in [-0.2, 0) is 11.2 Å². The Labute approximate surface area is 93.8 Å². The molecule has 0 unspecified atom stereocenters. The van der Waals surface area contributed by atoms with Crippen LogP contribution in [0.25, 0.3) is 0 Å². The minimum absolute atomic E-state index is 0.162. The number of hydrogen-bond acceptors (Lipinski definition) is 2. The van der Waals surface area contributed by atoms with Crippen molar-refractivity contribution in [3.05, 3.63) is 29.6 Å². The summed E-state index contributed by atoms with van der Waals surface area (Å²) in [4.78, 5) is 13.2. The fourth-order valence-corrected chi connectivity index (χ4v) is 1.81. The van der Waals surface area contributed by atoms with E-state index in [-0.39, 0.29) is 11.9 Å². The lowest BCUT2D eigenvalue weighted by Crippen LogP contribution is -2.31. The molecule has 0 saturated carbocycles. The molecule has 0 aliphatic carbocycles. The number of nitrogens with zero attached hydrogens (tertiary/aromatic N) is 1.